The van der Waals surface area contributed by atoms with Crippen LogP contribution >= 0.6 is 0 Å². The molecule has 0 aliphatic carbocycles. The van der Waals surface area contributed by atoms with Gasteiger partial charge < -0.3 is 19.9 Å². The third-order valence-corrected chi connectivity index (χ3v) is 4.35. The second-order valence-corrected chi connectivity index (χ2v) is 5.93. The van der Waals surface area contributed by atoms with Crippen LogP contribution in [0.1, 0.15) is 46.9 Å². The van der Waals surface area contributed by atoms with E-state index in [1.165, 1.54) is 5.56 Å². The van der Waals surface area contributed by atoms with E-state index in [0.29, 0.717) is 18.8 Å². The molecule has 25 heavy (non-hydrogen) atoms. The fourth-order valence-corrected chi connectivity index (χ4v) is 3.22. The number of ether oxygens (including phenoxy) is 2. The second-order valence-electron chi connectivity index (χ2n) is 5.93. The lowest BCUT2D eigenvalue weighted by atomic mass is 9.89. The molecule has 2 aromatic carbocycles. The van der Waals surface area contributed by atoms with Crippen molar-refractivity contribution in [3.63, 3.8) is 0 Å². The van der Waals surface area contributed by atoms with Gasteiger partial charge in [0.1, 0.15) is 0 Å². The number of fused-ring (bicyclic) bond motifs is 1. The number of hydrogen-bond donors (Lipinski definition) is 2. The second kappa shape index (κ2) is 7.57. The topological polar surface area (TPSA) is 67.8 Å². The number of rotatable bonds is 6. The number of benzene rings is 2. The fraction of sp³-hybridized carbons (Fsp3) is 0.350. The molecule has 0 fully saturated rings. The molecule has 2 aromatic rings. The van der Waals surface area contributed by atoms with E-state index in [9.17, 15) is 4.79 Å². The van der Waals surface area contributed by atoms with Gasteiger partial charge in [0.05, 0.1) is 24.8 Å². The summed E-state index contributed by atoms with van der Waals surface area (Å²) < 4.78 is 11.5. The molecule has 1 aliphatic heterocycles. The summed E-state index contributed by atoms with van der Waals surface area (Å²) in [4.78, 5) is 11.1. The summed E-state index contributed by atoms with van der Waals surface area (Å²) in [6.07, 6.45) is 0.922. The minimum Gasteiger partial charge on any atom is -0.490 e. The number of nitrogens with one attached hydrogen (secondary N) is 1. The van der Waals surface area contributed by atoms with Crippen LogP contribution in [0.3, 0.4) is 0 Å². The van der Waals surface area contributed by atoms with Crippen LogP contribution < -0.4 is 14.8 Å². The standard InChI is InChI=1S/C20H23NO4/c1-3-24-17-11-15-9-10-21-19(16(15)12-18(17)25-4-2)13-5-7-14(8-6-13)20(22)23/h5-8,11-12,19,21H,3-4,9-10H2,1-2H3,(H,22,23)/t19-/m1/s1. The van der Waals surface area contributed by atoms with Crippen LogP contribution in [0.4, 0.5) is 0 Å². The maximum Gasteiger partial charge on any atom is 0.335 e. The highest BCUT2D eigenvalue weighted by Crippen LogP contribution is 2.37. The van der Waals surface area contributed by atoms with E-state index < -0.39 is 5.97 Å². The molecule has 0 aromatic heterocycles. The van der Waals surface area contributed by atoms with E-state index in [-0.39, 0.29) is 6.04 Å². The molecule has 2 N–H and O–H groups in total. The first-order valence-electron chi connectivity index (χ1n) is 8.63. The molecule has 1 heterocycles. The fourth-order valence-electron chi connectivity index (χ4n) is 3.22. The lowest BCUT2D eigenvalue weighted by molar-refractivity contribution is 0.0697. The lowest BCUT2D eigenvalue weighted by Gasteiger charge is -2.29. The van der Waals surface area contributed by atoms with Gasteiger partial charge in [0.15, 0.2) is 11.5 Å². The first-order chi connectivity index (χ1) is 12.1. The van der Waals surface area contributed by atoms with Gasteiger partial charge in [-0.25, -0.2) is 4.79 Å². The van der Waals surface area contributed by atoms with Crippen LogP contribution in [0.2, 0.25) is 0 Å². The molecule has 0 saturated carbocycles. The lowest BCUT2D eigenvalue weighted by Crippen LogP contribution is -2.30. The van der Waals surface area contributed by atoms with Crippen molar-refractivity contribution < 1.29 is 19.4 Å². The zero-order valence-electron chi connectivity index (χ0n) is 14.5. The molecule has 3 rings (SSSR count). The normalized spacial score (nSPS) is 16.2. The molecule has 0 amide bonds. The van der Waals surface area contributed by atoms with Crippen molar-refractivity contribution in [2.45, 2.75) is 26.3 Å². The Hall–Kier alpha value is -2.53. The molecule has 0 saturated heterocycles. The van der Waals surface area contributed by atoms with Crippen molar-refractivity contribution in [3.8, 4) is 11.5 Å². The molecular weight excluding hydrogens is 318 g/mol. The van der Waals surface area contributed by atoms with Crippen molar-refractivity contribution in [1.29, 1.82) is 0 Å². The Labute approximate surface area is 147 Å². The van der Waals surface area contributed by atoms with E-state index >= 15 is 0 Å². The van der Waals surface area contributed by atoms with Gasteiger partial charge in [-0.05, 0) is 61.2 Å². The highest BCUT2D eigenvalue weighted by Gasteiger charge is 2.24. The summed E-state index contributed by atoms with van der Waals surface area (Å²) in [5.74, 6) is 0.618. The SMILES string of the molecule is CCOc1cc2c(cc1OCC)[C@@H](c1ccc(C(=O)O)cc1)NCC2. The Bertz CT molecular complexity index is 755. The predicted molar refractivity (Wildman–Crippen MR) is 95.7 cm³/mol. The molecule has 0 unspecified atom stereocenters. The quantitative estimate of drug-likeness (QED) is 0.843. The van der Waals surface area contributed by atoms with Crippen LogP contribution in [-0.2, 0) is 6.42 Å². The average molecular weight is 341 g/mol. The van der Waals surface area contributed by atoms with Crippen LogP contribution in [0.5, 0.6) is 11.5 Å². The smallest absolute Gasteiger partial charge is 0.335 e. The molecular formula is C20H23NO4. The summed E-state index contributed by atoms with van der Waals surface area (Å²) in [6.45, 7) is 5.94. The number of carbonyl (C=O) groups is 1. The zero-order chi connectivity index (χ0) is 17.8. The summed E-state index contributed by atoms with van der Waals surface area (Å²) >= 11 is 0. The van der Waals surface area contributed by atoms with Gasteiger partial charge in [-0.3, -0.25) is 0 Å². The maximum atomic E-state index is 11.1. The molecule has 1 atom stereocenters. The van der Waals surface area contributed by atoms with E-state index in [4.69, 9.17) is 14.6 Å². The third-order valence-electron chi connectivity index (χ3n) is 4.35. The van der Waals surface area contributed by atoms with E-state index in [1.807, 2.05) is 32.0 Å². The van der Waals surface area contributed by atoms with E-state index in [0.717, 1.165) is 35.6 Å². The van der Waals surface area contributed by atoms with Gasteiger partial charge in [-0.2, -0.15) is 0 Å². The first kappa shape index (κ1) is 17.3. The van der Waals surface area contributed by atoms with Crippen LogP contribution in [0, 0.1) is 0 Å². The Balaban J connectivity index is 2.00. The van der Waals surface area contributed by atoms with Gasteiger partial charge in [0.25, 0.3) is 0 Å². The summed E-state index contributed by atoms with van der Waals surface area (Å²) in [5.41, 5.74) is 3.72. The third kappa shape index (κ3) is 3.61. The Kier molecular flexibility index (Phi) is 5.24. The molecule has 1 aliphatic rings. The van der Waals surface area contributed by atoms with Crippen molar-refractivity contribution in [3.05, 3.63) is 58.7 Å². The number of carboxylic acid groups (broad SMARTS) is 1. The van der Waals surface area contributed by atoms with Crippen LogP contribution in [0.25, 0.3) is 0 Å². The zero-order valence-corrected chi connectivity index (χ0v) is 14.5. The van der Waals surface area contributed by atoms with Gasteiger partial charge in [0, 0.05) is 6.54 Å². The summed E-state index contributed by atoms with van der Waals surface area (Å²) in [7, 11) is 0. The van der Waals surface area contributed by atoms with Crippen molar-refractivity contribution in [1.82, 2.24) is 5.32 Å². The minimum atomic E-state index is -0.913. The first-order valence-corrected chi connectivity index (χ1v) is 8.63. The van der Waals surface area contributed by atoms with Crippen molar-refractivity contribution in [2.75, 3.05) is 19.8 Å². The molecule has 0 spiro atoms. The molecule has 0 bridgehead atoms. The van der Waals surface area contributed by atoms with Gasteiger partial charge >= 0.3 is 5.97 Å². The maximum absolute atomic E-state index is 11.1. The van der Waals surface area contributed by atoms with E-state index in [1.54, 1.807) is 12.1 Å². The van der Waals surface area contributed by atoms with E-state index in [2.05, 4.69) is 11.4 Å². The van der Waals surface area contributed by atoms with Gasteiger partial charge in [0.2, 0.25) is 0 Å². The Morgan fingerprint density at radius 1 is 1.12 bits per heavy atom. The van der Waals surface area contributed by atoms with Gasteiger partial charge in [-0.15, -0.1) is 0 Å². The number of aromatic carboxylic acids is 1. The van der Waals surface area contributed by atoms with Gasteiger partial charge in [-0.1, -0.05) is 12.1 Å². The molecule has 5 heteroatoms. The monoisotopic (exact) mass is 341 g/mol. The predicted octanol–water partition coefficient (Wildman–Crippen LogP) is 3.42. The average Bonchev–Trinajstić information content (AvgIpc) is 2.62. The highest BCUT2D eigenvalue weighted by molar-refractivity contribution is 5.87. The van der Waals surface area contributed by atoms with Crippen LogP contribution in [0.15, 0.2) is 36.4 Å². The number of carboxylic acids is 1. The Morgan fingerprint density at radius 2 is 1.76 bits per heavy atom. The van der Waals surface area contributed by atoms with Crippen molar-refractivity contribution in [2.24, 2.45) is 0 Å². The number of hydrogen-bond acceptors (Lipinski definition) is 4. The molecule has 5 nitrogen and oxygen atoms in total. The van der Waals surface area contributed by atoms with Crippen LogP contribution in [-0.4, -0.2) is 30.8 Å². The summed E-state index contributed by atoms with van der Waals surface area (Å²) in [5, 5.41) is 12.6. The highest BCUT2D eigenvalue weighted by atomic mass is 16.5. The summed E-state index contributed by atoms with van der Waals surface area (Å²) in [6, 6.07) is 11.2. The Morgan fingerprint density at radius 3 is 2.36 bits per heavy atom. The largest absolute Gasteiger partial charge is 0.490 e. The van der Waals surface area contributed by atoms with Crippen molar-refractivity contribution >= 4 is 5.97 Å². The minimum absolute atomic E-state index is 0.0153. The molecule has 0 radical (unpaired) electrons. The molecule has 132 valence electrons.